The van der Waals surface area contributed by atoms with Crippen LogP contribution in [0.3, 0.4) is 0 Å². The van der Waals surface area contributed by atoms with Crippen LogP contribution in [0, 0.1) is 15.9 Å². The van der Waals surface area contributed by atoms with E-state index in [0.29, 0.717) is 18.7 Å². The normalized spacial score (nSPS) is 10.6. The Morgan fingerprint density at radius 2 is 2.26 bits per heavy atom. The number of halogens is 1. The lowest BCUT2D eigenvalue weighted by atomic mass is 10.2. The molecular formula is C11H12FN5O2. The molecule has 1 aromatic heterocycles. The van der Waals surface area contributed by atoms with Gasteiger partial charge in [-0.1, -0.05) is 5.21 Å². The van der Waals surface area contributed by atoms with Gasteiger partial charge in [0.05, 0.1) is 22.7 Å². The van der Waals surface area contributed by atoms with Crippen LogP contribution in [-0.4, -0.2) is 26.5 Å². The fourth-order valence-corrected chi connectivity index (χ4v) is 1.71. The van der Waals surface area contributed by atoms with Gasteiger partial charge in [-0.05, 0) is 18.7 Å². The molecule has 0 fully saturated rings. The molecule has 0 saturated carbocycles. The summed E-state index contributed by atoms with van der Waals surface area (Å²) in [6, 6.07) is 3.33. The minimum atomic E-state index is -0.549. The third-order valence-corrected chi connectivity index (χ3v) is 2.56. The van der Waals surface area contributed by atoms with Crippen LogP contribution in [0.4, 0.5) is 10.1 Å². The van der Waals surface area contributed by atoms with E-state index in [9.17, 15) is 14.5 Å². The van der Waals surface area contributed by atoms with Crippen LogP contribution in [0.1, 0.15) is 11.3 Å². The molecule has 19 heavy (non-hydrogen) atoms. The minimum absolute atomic E-state index is 0.0889. The van der Waals surface area contributed by atoms with Gasteiger partial charge < -0.3 is 5.73 Å². The van der Waals surface area contributed by atoms with Crippen molar-refractivity contribution in [3.05, 3.63) is 51.6 Å². The zero-order valence-corrected chi connectivity index (χ0v) is 9.99. The van der Waals surface area contributed by atoms with Crippen molar-refractivity contribution in [2.24, 2.45) is 5.73 Å². The average molecular weight is 265 g/mol. The Bertz CT molecular complexity index is 599. The van der Waals surface area contributed by atoms with E-state index in [1.807, 2.05) is 0 Å². The molecule has 0 saturated heterocycles. The average Bonchev–Trinajstić information content (AvgIpc) is 2.77. The summed E-state index contributed by atoms with van der Waals surface area (Å²) >= 11 is 0. The molecular weight excluding hydrogens is 253 g/mol. The SMILES string of the molecule is NCCc1cn(Cc2cc(F)ccc2[N+](=O)[O-])nn1. The summed E-state index contributed by atoms with van der Waals surface area (Å²) < 4.78 is 14.6. The molecule has 1 heterocycles. The van der Waals surface area contributed by atoms with Crippen molar-refractivity contribution in [3.8, 4) is 0 Å². The van der Waals surface area contributed by atoms with Gasteiger partial charge in [0.2, 0.25) is 0 Å². The molecule has 0 aliphatic rings. The zero-order valence-electron chi connectivity index (χ0n) is 9.99. The first-order valence-electron chi connectivity index (χ1n) is 5.62. The molecule has 0 aliphatic carbocycles. The van der Waals surface area contributed by atoms with Crippen LogP contribution in [0.25, 0.3) is 0 Å². The fraction of sp³-hybridized carbons (Fsp3) is 0.273. The molecule has 0 spiro atoms. The number of nitrogens with zero attached hydrogens (tertiary/aromatic N) is 4. The van der Waals surface area contributed by atoms with Crippen LogP contribution >= 0.6 is 0 Å². The summed E-state index contributed by atoms with van der Waals surface area (Å²) in [5.41, 5.74) is 6.19. The molecule has 0 aliphatic heterocycles. The van der Waals surface area contributed by atoms with Crippen LogP contribution in [0.15, 0.2) is 24.4 Å². The quantitative estimate of drug-likeness (QED) is 0.638. The molecule has 8 heteroatoms. The monoisotopic (exact) mass is 265 g/mol. The molecule has 2 N–H and O–H groups in total. The Morgan fingerprint density at radius 1 is 1.47 bits per heavy atom. The van der Waals surface area contributed by atoms with Gasteiger partial charge in [0, 0.05) is 18.7 Å². The maximum absolute atomic E-state index is 13.2. The topological polar surface area (TPSA) is 99.9 Å². The van der Waals surface area contributed by atoms with E-state index in [-0.39, 0.29) is 17.8 Å². The number of nitro benzene ring substituents is 1. The summed E-state index contributed by atoms with van der Waals surface area (Å²) in [6.45, 7) is 0.532. The number of nitro groups is 1. The molecule has 2 rings (SSSR count). The first-order chi connectivity index (χ1) is 9.10. The molecule has 7 nitrogen and oxygen atoms in total. The highest BCUT2D eigenvalue weighted by molar-refractivity contribution is 5.40. The Balaban J connectivity index is 2.26. The van der Waals surface area contributed by atoms with Crippen molar-refractivity contribution in [2.45, 2.75) is 13.0 Å². The van der Waals surface area contributed by atoms with Crippen molar-refractivity contribution in [1.82, 2.24) is 15.0 Å². The van der Waals surface area contributed by atoms with Crippen molar-refractivity contribution in [2.75, 3.05) is 6.54 Å². The van der Waals surface area contributed by atoms with Crippen LogP contribution in [0.2, 0.25) is 0 Å². The van der Waals surface area contributed by atoms with E-state index in [0.717, 1.165) is 18.2 Å². The largest absolute Gasteiger partial charge is 0.330 e. The maximum Gasteiger partial charge on any atom is 0.274 e. The summed E-state index contributed by atoms with van der Waals surface area (Å²) in [6.07, 6.45) is 2.22. The van der Waals surface area contributed by atoms with Gasteiger partial charge in [-0.3, -0.25) is 10.1 Å². The standard InChI is InChI=1S/C11H12FN5O2/c12-9-1-2-11(17(18)19)8(5-9)6-16-7-10(3-4-13)14-15-16/h1-2,5,7H,3-4,6,13H2. The highest BCUT2D eigenvalue weighted by Gasteiger charge is 2.15. The van der Waals surface area contributed by atoms with E-state index in [1.165, 1.54) is 4.68 Å². The van der Waals surface area contributed by atoms with Gasteiger partial charge in [0.15, 0.2) is 0 Å². The van der Waals surface area contributed by atoms with Crippen LogP contribution in [0.5, 0.6) is 0 Å². The van der Waals surface area contributed by atoms with Crippen molar-refractivity contribution < 1.29 is 9.31 Å². The number of aromatic nitrogens is 3. The molecule has 0 amide bonds. The first-order valence-corrected chi connectivity index (χ1v) is 5.62. The summed E-state index contributed by atoms with van der Waals surface area (Å²) in [5, 5.41) is 18.5. The van der Waals surface area contributed by atoms with Crippen LogP contribution < -0.4 is 5.73 Å². The van der Waals surface area contributed by atoms with Gasteiger partial charge >= 0.3 is 0 Å². The number of benzene rings is 1. The molecule has 0 atom stereocenters. The van der Waals surface area contributed by atoms with Gasteiger partial charge in [-0.15, -0.1) is 5.10 Å². The number of hydrogen-bond acceptors (Lipinski definition) is 5. The molecule has 100 valence electrons. The number of nitrogens with two attached hydrogens (primary N) is 1. The first kappa shape index (κ1) is 13.1. The number of rotatable bonds is 5. The summed E-state index contributed by atoms with van der Waals surface area (Å²) in [5.74, 6) is -0.525. The Hall–Kier alpha value is -2.35. The molecule has 0 unspecified atom stereocenters. The van der Waals surface area contributed by atoms with Crippen molar-refractivity contribution >= 4 is 5.69 Å². The lowest BCUT2D eigenvalue weighted by Gasteiger charge is -2.02. The second-order valence-corrected chi connectivity index (χ2v) is 3.98. The smallest absolute Gasteiger partial charge is 0.274 e. The predicted octanol–water partition coefficient (Wildman–Crippen LogP) is 0.875. The highest BCUT2D eigenvalue weighted by Crippen LogP contribution is 2.20. The maximum atomic E-state index is 13.2. The van der Waals surface area contributed by atoms with Gasteiger partial charge in [-0.2, -0.15) is 0 Å². The van der Waals surface area contributed by atoms with Crippen molar-refractivity contribution in [1.29, 1.82) is 0 Å². The third kappa shape index (κ3) is 3.10. The summed E-state index contributed by atoms with van der Waals surface area (Å²) in [4.78, 5) is 10.3. The minimum Gasteiger partial charge on any atom is -0.330 e. The molecule has 0 bridgehead atoms. The lowest BCUT2D eigenvalue weighted by molar-refractivity contribution is -0.385. The van der Waals surface area contributed by atoms with Gasteiger partial charge in [0.25, 0.3) is 5.69 Å². The highest BCUT2D eigenvalue weighted by atomic mass is 19.1. The number of hydrogen-bond donors (Lipinski definition) is 1. The fourth-order valence-electron chi connectivity index (χ4n) is 1.71. The second kappa shape index (κ2) is 5.53. The van der Waals surface area contributed by atoms with E-state index in [4.69, 9.17) is 5.73 Å². The van der Waals surface area contributed by atoms with E-state index in [2.05, 4.69) is 10.3 Å². The van der Waals surface area contributed by atoms with E-state index >= 15 is 0 Å². The zero-order chi connectivity index (χ0) is 13.8. The van der Waals surface area contributed by atoms with Crippen LogP contribution in [-0.2, 0) is 13.0 Å². The van der Waals surface area contributed by atoms with Gasteiger partial charge in [0.1, 0.15) is 5.82 Å². The Kier molecular flexibility index (Phi) is 3.81. The predicted molar refractivity (Wildman–Crippen MR) is 64.9 cm³/mol. The van der Waals surface area contributed by atoms with E-state index < -0.39 is 10.7 Å². The van der Waals surface area contributed by atoms with E-state index in [1.54, 1.807) is 6.20 Å². The second-order valence-electron chi connectivity index (χ2n) is 3.98. The Labute approximate surface area is 108 Å². The lowest BCUT2D eigenvalue weighted by Crippen LogP contribution is -2.04. The van der Waals surface area contributed by atoms with Gasteiger partial charge in [-0.25, -0.2) is 9.07 Å². The molecule has 0 radical (unpaired) electrons. The molecule has 1 aromatic carbocycles. The van der Waals surface area contributed by atoms with Crippen molar-refractivity contribution in [3.63, 3.8) is 0 Å². The summed E-state index contributed by atoms with van der Waals surface area (Å²) in [7, 11) is 0. The third-order valence-electron chi connectivity index (χ3n) is 2.56. The molecule has 2 aromatic rings. The Morgan fingerprint density at radius 3 is 2.95 bits per heavy atom.